The van der Waals surface area contributed by atoms with E-state index in [-0.39, 0.29) is 22.6 Å². The minimum absolute atomic E-state index is 0.0906. The van der Waals surface area contributed by atoms with E-state index in [1.807, 2.05) is 4.72 Å². The molecule has 0 unspecified atom stereocenters. The Morgan fingerprint density at radius 1 is 1.23 bits per heavy atom. The van der Waals surface area contributed by atoms with Gasteiger partial charge in [0.2, 0.25) is 5.91 Å². The molecule has 1 amide bonds. The van der Waals surface area contributed by atoms with E-state index < -0.39 is 21.7 Å². The molecule has 3 aromatic rings. The molecule has 0 spiro atoms. The number of carbonyl (C=O) groups is 1. The van der Waals surface area contributed by atoms with E-state index in [1.165, 1.54) is 34.9 Å². The molecular weight excluding hydrogens is 379 g/mol. The number of aryl methyl sites for hydroxylation is 2. The number of amides is 1. The third kappa shape index (κ3) is 3.68. The van der Waals surface area contributed by atoms with Crippen molar-refractivity contribution >= 4 is 37.5 Å². The summed E-state index contributed by atoms with van der Waals surface area (Å²) in [6.07, 6.45) is -0.0750. The van der Waals surface area contributed by atoms with Crippen LogP contribution in [0.4, 0.5) is 4.39 Å². The van der Waals surface area contributed by atoms with Crippen molar-refractivity contribution in [3.8, 4) is 0 Å². The number of benzene rings is 2. The highest BCUT2D eigenvalue weighted by molar-refractivity contribution is 7.90. The van der Waals surface area contributed by atoms with Gasteiger partial charge in [-0.1, -0.05) is 29.5 Å². The standard InChI is InChI=1S/C17H15FN2O4S2/c1-20-14-8-7-12(10-15(14)25-17(20)22)26(23,24)19-16(21)9-6-11-4-2-3-5-13(11)18/h2-5,7-8,10H,6,9H2,1H3,(H,19,21). The molecule has 1 heterocycles. The first-order valence-electron chi connectivity index (χ1n) is 7.66. The molecule has 2 aromatic carbocycles. The van der Waals surface area contributed by atoms with Gasteiger partial charge in [-0.15, -0.1) is 0 Å². The fraction of sp³-hybridized carbons (Fsp3) is 0.176. The minimum Gasteiger partial charge on any atom is -0.302 e. The summed E-state index contributed by atoms with van der Waals surface area (Å²) in [6, 6.07) is 10.2. The van der Waals surface area contributed by atoms with Crippen molar-refractivity contribution in [1.29, 1.82) is 0 Å². The Hall–Kier alpha value is -2.52. The molecule has 1 N–H and O–H groups in total. The number of thiazole rings is 1. The molecule has 3 rings (SSSR count). The molecule has 0 aliphatic rings. The molecule has 0 aliphatic carbocycles. The van der Waals surface area contributed by atoms with Crippen LogP contribution in [-0.2, 0) is 28.3 Å². The fourth-order valence-electron chi connectivity index (χ4n) is 2.49. The zero-order valence-corrected chi connectivity index (χ0v) is 15.4. The van der Waals surface area contributed by atoms with Crippen molar-refractivity contribution in [3.63, 3.8) is 0 Å². The predicted molar refractivity (Wildman–Crippen MR) is 97.1 cm³/mol. The lowest BCUT2D eigenvalue weighted by Crippen LogP contribution is -2.30. The van der Waals surface area contributed by atoms with E-state index in [1.54, 1.807) is 19.2 Å². The second-order valence-electron chi connectivity index (χ2n) is 5.68. The zero-order valence-electron chi connectivity index (χ0n) is 13.7. The Labute approximate surface area is 152 Å². The molecule has 0 saturated carbocycles. The largest absolute Gasteiger partial charge is 0.307 e. The van der Waals surface area contributed by atoms with Crippen molar-refractivity contribution in [2.24, 2.45) is 7.05 Å². The molecule has 136 valence electrons. The van der Waals surface area contributed by atoms with Gasteiger partial charge in [-0.2, -0.15) is 0 Å². The van der Waals surface area contributed by atoms with Gasteiger partial charge in [0.25, 0.3) is 10.0 Å². The third-order valence-electron chi connectivity index (χ3n) is 3.90. The average Bonchev–Trinajstić information content (AvgIpc) is 2.87. The summed E-state index contributed by atoms with van der Waals surface area (Å²) >= 11 is 0.926. The van der Waals surface area contributed by atoms with Gasteiger partial charge in [-0.3, -0.25) is 9.59 Å². The lowest BCUT2D eigenvalue weighted by atomic mass is 10.1. The first kappa shape index (κ1) is 18.3. The van der Waals surface area contributed by atoms with Gasteiger partial charge in [0, 0.05) is 13.5 Å². The monoisotopic (exact) mass is 394 g/mol. The number of hydrogen-bond donors (Lipinski definition) is 1. The Kier molecular flexibility index (Phi) is 4.92. The molecule has 0 fully saturated rings. The maximum Gasteiger partial charge on any atom is 0.307 e. The van der Waals surface area contributed by atoms with Gasteiger partial charge < -0.3 is 4.57 Å². The highest BCUT2D eigenvalue weighted by Gasteiger charge is 2.19. The lowest BCUT2D eigenvalue weighted by Gasteiger charge is -2.08. The van der Waals surface area contributed by atoms with Crippen molar-refractivity contribution in [3.05, 3.63) is 63.5 Å². The maximum atomic E-state index is 13.5. The Balaban J connectivity index is 1.75. The van der Waals surface area contributed by atoms with Crippen LogP contribution in [0.3, 0.4) is 0 Å². The van der Waals surface area contributed by atoms with Crippen molar-refractivity contribution in [1.82, 2.24) is 9.29 Å². The molecule has 0 aliphatic heterocycles. The van der Waals surface area contributed by atoms with Crippen molar-refractivity contribution in [2.45, 2.75) is 17.7 Å². The maximum absolute atomic E-state index is 13.5. The average molecular weight is 394 g/mol. The van der Waals surface area contributed by atoms with Crippen LogP contribution in [0, 0.1) is 5.82 Å². The Bertz CT molecular complexity index is 1150. The molecule has 9 heteroatoms. The number of nitrogens with zero attached hydrogens (tertiary/aromatic N) is 1. The molecule has 0 saturated heterocycles. The van der Waals surface area contributed by atoms with Gasteiger partial charge in [0.05, 0.1) is 15.1 Å². The summed E-state index contributed by atoms with van der Waals surface area (Å²) in [5, 5.41) is 0. The van der Waals surface area contributed by atoms with Gasteiger partial charge in [-0.25, -0.2) is 17.5 Å². The number of hydrogen-bond acceptors (Lipinski definition) is 5. The topological polar surface area (TPSA) is 85.2 Å². The molecule has 1 aromatic heterocycles. The Morgan fingerprint density at radius 3 is 2.69 bits per heavy atom. The highest BCUT2D eigenvalue weighted by atomic mass is 32.2. The summed E-state index contributed by atoms with van der Waals surface area (Å²) in [5.41, 5.74) is 0.959. The second kappa shape index (κ2) is 7.00. The van der Waals surface area contributed by atoms with Crippen LogP contribution in [0.15, 0.2) is 52.2 Å². The summed E-state index contributed by atoms with van der Waals surface area (Å²) in [4.78, 5) is 23.3. The second-order valence-corrected chi connectivity index (χ2v) is 8.35. The van der Waals surface area contributed by atoms with Crippen LogP contribution in [0.25, 0.3) is 10.2 Å². The van der Waals surface area contributed by atoms with E-state index >= 15 is 0 Å². The van der Waals surface area contributed by atoms with Gasteiger partial charge >= 0.3 is 4.87 Å². The fourth-order valence-corrected chi connectivity index (χ4v) is 4.52. The number of nitrogens with one attached hydrogen (secondary N) is 1. The third-order valence-corrected chi connectivity index (χ3v) is 6.27. The van der Waals surface area contributed by atoms with E-state index in [2.05, 4.69) is 0 Å². The lowest BCUT2D eigenvalue weighted by molar-refractivity contribution is -0.119. The summed E-state index contributed by atoms with van der Waals surface area (Å²) < 4.78 is 42.2. The van der Waals surface area contributed by atoms with Gasteiger partial charge in [0.1, 0.15) is 5.82 Å². The summed E-state index contributed by atoms with van der Waals surface area (Å²) in [6.45, 7) is 0. The Morgan fingerprint density at radius 2 is 1.96 bits per heavy atom. The summed E-state index contributed by atoms with van der Waals surface area (Å²) in [5.74, 6) is -1.16. The minimum atomic E-state index is -4.07. The zero-order chi connectivity index (χ0) is 18.9. The van der Waals surface area contributed by atoms with Gasteiger partial charge in [-0.05, 0) is 36.2 Å². The van der Waals surface area contributed by atoms with Crippen molar-refractivity contribution < 1.29 is 17.6 Å². The van der Waals surface area contributed by atoms with E-state index in [4.69, 9.17) is 0 Å². The molecule has 0 radical (unpaired) electrons. The number of halogens is 1. The molecule has 0 bridgehead atoms. The van der Waals surface area contributed by atoms with E-state index in [9.17, 15) is 22.4 Å². The quantitative estimate of drug-likeness (QED) is 0.719. The first-order valence-corrected chi connectivity index (χ1v) is 9.96. The van der Waals surface area contributed by atoms with Crippen molar-refractivity contribution in [2.75, 3.05) is 0 Å². The normalized spacial score (nSPS) is 11.6. The first-order chi connectivity index (χ1) is 12.3. The molecular formula is C17H15FN2O4S2. The van der Waals surface area contributed by atoms with E-state index in [0.29, 0.717) is 15.8 Å². The number of rotatable bonds is 5. The van der Waals surface area contributed by atoms with Crippen LogP contribution in [-0.4, -0.2) is 18.9 Å². The van der Waals surface area contributed by atoms with E-state index in [0.717, 1.165) is 11.3 Å². The smallest absolute Gasteiger partial charge is 0.302 e. The van der Waals surface area contributed by atoms with Crippen LogP contribution in [0.5, 0.6) is 0 Å². The van der Waals surface area contributed by atoms with Crippen LogP contribution >= 0.6 is 11.3 Å². The van der Waals surface area contributed by atoms with Crippen LogP contribution in [0.1, 0.15) is 12.0 Å². The number of aromatic nitrogens is 1. The molecule has 0 atom stereocenters. The predicted octanol–water partition coefficient (Wildman–Crippen LogP) is 2.18. The number of carbonyl (C=O) groups excluding carboxylic acids is 1. The highest BCUT2D eigenvalue weighted by Crippen LogP contribution is 2.21. The number of fused-ring (bicyclic) bond motifs is 1. The van der Waals surface area contributed by atoms with Gasteiger partial charge in [0.15, 0.2) is 0 Å². The molecule has 26 heavy (non-hydrogen) atoms. The van der Waals surface area contributed by atoms with Crippen LogP contribution < -0.4 is 9.60 Å². The SMILES string of the molecule is Cn1c(=O)sc2cc(S(=O)(=O)NC(=O)CCc3ccccc3F)ccc21. The molecule has 6 nitrogen and oxygen atoms in total. The van der Waals surface area contributed by atoms with Crippen LogP contribution in [0.2, 0.25) is 0 Å². The number of sulfonamides is 1. The summed E-state index contributed by atoms with van der Waals surface area (Å²) in [7, 11) is -2.47.